The molecule has 1 aliphatic rings. The molecule has 3 rings (SSSR count). The lowest BCUT2D eigenvalue weighted by Crippen LogP contribution is -2.34. The van der Waals surface area contributed by atoms with E-state index in [-0.39, 0.29) is 12.1 Å². The van der Waals surface area contributed by atoms with Crippen molar-refractivity contribution in [3.63, 3.8) is 0 Å². The molecule has 1 atom stereocenters. The second kappa shape index (κ2) is 7.33. The average molecular weight is 403 g/mol. The minimum absolute atomic E-state index is 0.0191. The lowest BCUT2D eigenvalue weighted by molar-refractivity contribution is -0.143. The molecule has 1 N–H and O–H groups in total. The molecule has 10 heteroatoms. The van der Waals surface area contributed by atoms with Crippen molar-refractivity contribution in [2.45, 2.75) is 31.2 Å². The van der Waals surface area contributed by atoms with Gasteiger partial charge >= 0.3 is 18.4 Å². The first-order valence-electron chi connectivity index (χ1n) is 8.33. The number of nitrogens with one attached hydrogen (secondary N) is 1. The fourth-order valence-electron chi connectivity index (χ4n) is 3.16. The largest absolute Gasteiger partial charge is 0.416 e. The molecule has 0 unspecified atom stereocenters. The SMILES string of the molecule is O=C(Nc1cc(C(F)(F)F)cc(C(F)(F)F)c1)N1CCC[C@@H]1c1ccncc1. The van der Waals surface area contributed by atoms with Gasteiger partial charge < -0.3 is 10.2 Å². The summed E-state index contributed by atoms with van der Waals surface area (Å²) in [7, 11) is 0. The van der Waals surface area contributed by atoms with E-state index >= 15 is 0 Å². The Bertz CT molecular complexity index is 818. The lowest BCUT2D eigenvalue weighted by Gasteiger charge is -2.25. The fourth-order valence-corrected chi connectivity index (χ4v) is 3.16. The second-order valence-electron chi connectivity index (χ2n) is 6.36. The number of nitrogens with zero attached hydrogens (tertiary/aromatic N) is 2. The van der Waals surface area contributed by atoms with Gasteiger partial charge in [0.05, 0.1) is 17.2 Å². The van der Waals surface area contributed by atoms with Gasteiger partial charge in [0.25, 0.3) is 0 Å². The summed E-state index contributed by atoms with van der Waals surface area (Å²) in [4.78, 5) is 17.8. The van der Waals surface area contributed by atoms with Gasteiger partial charge in [0.2, 0.25) is 0 Å². The summed E-state index contributed by atoms with van der Waals surface area (Å²) in [6, 6.07) is 3.34. The predicted molar refractivity (Wildman–Crippen MR) is 88.4 cm³/mol. The molecule has 0 spiro atoms. The molecule has 0 radical (unpaired) electrons. The van der Waals surface area contributed by atoms with Crippen LogP contribution in [0.1, 0.15) is 35.6 Å². The highest BCUT2D eigenvalue weighted by atomic mass is 19.4. The number of alkyl halides is 6. The van der Waals surface area contributed by atoms with Crippen molar-refractivity contribution in [3.05, 3.63) is 59.4 Å². The molecule has 2 aromatic rings. The Morgan fingerprint density at radius 3 is 2.11 bits per heavy atom. The van der Waals surface area contributed by atoms with E-state index < -0.39 is 35.2 Å². The normalized spacial score (nSPS) is 17.6. The van der Waals surface area contributed by atoms with E-state index in [1.54, 1.807) is 24.5 Å². The van der Waals surface area contributed by atoms with E-state index in [4.69, 9.17) is 0 Å². The molecule has 1 aromatic heterocycles. The van der Waals surface area contributed by atoms with Crippen LogP contribution in [-0.4, -0.2) is 22.5 Å². The summed E-state index contributed by atoms with van der Waals surface area (Å²) >= 11 is 0. The molecule has 1 fully saturated rings. The van der Waals surface area contributed by atoms with Crippen LogP contribution < -0.4 is 5.32 Å². The molecule has 0 saturated carbocycles. The van der Waals surface area contributed by atoms with Gasteiger partial charge in [-0.1, -0.05) is 0 Å². The van der Waals surface area contributed by atoms with E-state index in [2.05, 4.69) is 10.3 Å². The van der Waals surface area contributed by atoms with Crippen molar-refractivity contribution < 1.29 is 31.1 Å². The number of amides is 2. The van der Waals surface area contributed by atoms with Crippen LogP contribution in [0.4, 0.5) is 36.8 Å². The molecule has 4 nitrogen and oxygen atoms in total. The summed E-state index contributed by atoms with van der Waals surface area (Å²) in [5.74, 6) is 0. The van der Waals surface area contributed by atoms with Crippen molar-refractivity contribution in [2.75, 3.05) is 11.9 Å². The Labute approximate surface area is 156 Å². The summed E-state index contributed by atoms with van der Waals surface area (Å²) in [6.07, 6.45) is -5.56. The van der Waals surface area contributed by atoms with E-state index in [1.807, 2.05) is 0 Å². The number of likely N-dealkylation sites (tertiary alicyclic amines) is 1. The highest BCUT2D eigenvalue weighted by Crippen LogP contribution is 2.38. The summed E-state index contributed by atoms with van der Waals surface area (Å²) in [6.45, 7) is 0.337. The number of benzene rings is 1. The van der Waals surface area contributed by atoms with Crippen LogP contribution in [0.15, 0.2) is 42.7 Å². The number of carbonyl (C=O) groups excluding carboxylic acids is 1. The topological polar surface area (TPSA) is 45.2 Å². The molecular weight excluding hydrogens is 388 g/mol. The number of hydrogen-bond donors (Lipinski definition) is 1. The zero-order chi connectivity index (χ0) is 20.5. The Hall–Kier alpha value is -2.78. The smallest absolute Gasteiger partial charge is 0.317 e. The maximum Gasteiger partial charge on any atom is 0.416 e. The number of aromatic nitrogens is 1. The third-order valence-electron chi connectivity index (χ3n) is 4.44. The molecule has 0 aliphatic carbocycles. The number of hydrogen-bond acceptors (Lipinski definition) is 2. The molecule has 1 saturated heterocycles. The van der Waals surface area contributed by atoms with Crippen LogP contribution in [0.2, 0.25) is 0 Å². The van der Waals surface area contributed by atoms with Gasteiger partial charge in [-0.2, -0.15) is 26.3 Å². The number of rotatable bonds is 2. The Kier molecular flexibility index (Phi) is 5.22. The van der Waals surface area contributed by atoms with Gasteiger partial charge in [-0.15, -0.1) is 0 Å². The minimum atomic E-state index is -4.98. The number of pyridine rings is 1. The Morgan fingerprint density at radius 2 is 1.57 bits per heavy atom. The fraction of sp³-hybridized carbons (Fsp3) is 0.333. The first-order valence-corrected chi connectivity index (χ1v) is 8.33. The molecule has 1 aliphatic heterocycles. The first kappa shape index (κ1) is 20.0. The summed E-state index contributed by atoms with van der Waals surface area (Å²) in [5.41, 5.74) is -2.73. The first-order chi connectivity index (χ1) is 13.1. The summed E-state index contributed by atoms with van der Waals surface area (Å²) in [5, 5.41) is 2.18. The minimum Gasteiger partial charge on any atom is -0.317 e. The molecule has 0 bridgehead atoms. The third kappa shape index (κ3) is 4.37. The van der Waals surface area contributed by atoms with Gasteiger partial charge in [0.1, 0.15) is 0 Å². The molecule has 2 amide bonds. The van der Waals surface area contributed by atoms with Crippen molar-refractivity contribution in [1.82, 2.24) is 9.88 Å². The Balaban J connectivity index is 1.87. The second-order valence-corrected chi connectivity index (χ2v) is 6.36. The van der Waals surface area contributed by atoms with E-state index in [0.29, 0.717) is 31.5 Å². The van der Waals surface area contributed by atoms with E-state index in [9.17, 15) is 31.1 Å². The van der Waals surface area contributed by atoms with E-state index in [1.165, 1.54) is 4.90 Å². The van der Waals surface area contributed by atoms with Crippen LogP contribution in [-0.2, 0) is 12.4 Å². The maximum absolute atomic E-state index is 13.0. The van der Waals surface area contributed by atoms with Crippen molar-refractivity contribution >= 4 is 11.7 Å². The number of halogens is 6. The van der Waals surface area contributed by atoms with Gasteiger partial charge in [0.15, 0.2) is 0 Å². The van der Waals surface area contributed by atoms with E-state index in [0.717, 1.165) is 5.56 Å². The van der Waals surface area contributed by atoms with Crippen LogP contribution in [0.5, 0.6) is 0 Å². The molecule has 1 aromatic carbocycles. The van der Waals surface area contributed by atoms with Gasteiger partial charge in [-0.25, -0.2) is 4.79 Å². The van der Waals surface area contributed by atoms with Crippen LogP contribution >= 0.6 is 0 Å². The molecule has 2 heterocycles. The summed E-state index contributed by atoms with van der Waals surface area (Å²) < 4.78 is 77.8. The average Bonchev–Trinajstić information content (AvgIpc) is 3.10. The zero-order valence-corrected chi connectivity index (χ0v) is 14.3. The van der Waals surface area contributed by atoms with Crippen molar-refractivity contribution in [1.29, 1.82) is 0 Å². The maximum atomic E-state index is 13.0. The molecule has 150 valence electrons. The van der Waals surface area contributed by atoms with Gasteiger partial charge in [0, 0.05) is 24.6 Å². The third-order valence-corrected chi connectivity index (χ3v) is 4.44. The van der Waals surface area contributed by atoms with Crippen molar-refractivity contribution in [2.24, 2.45) is 0 Å². The molecule has 28 heavy (non-hydrogen) atoms. The lowest BCUT2D eigenvalue weighted by atomic mass is 10.1. The van der Waals surface area contributed by atoms with Gasteiger partial charge in [-0.3, -0.25) is 4.98 Å². The van der Waals surface area contributed by atoms with Crippen LogP contribution in [0, 0.1) is 0 Å². The zero-order valence-electron chi connectivity index (χ0n) is 14.3. The Morgan fingerprint density at radius 1 is 1.00 bits per heavy atom. The highest BCUT2D eigenvalue weighted by Gasteiger charge is 2.37. The molecular formula is C18H15F6N3O. The number of urea groups is 1. The van der Waals surface area contributed by atoms with Gasteiger partial charge in [-0.05, 0) is 48.7 Å². The van der Waals surface area contributed by atoms with Crippen LogP contribution in [0.25, 0.3) is 0 Å². The standard InChI is InChI=1S/C18H15F6N3O/c19-17(20,21)12-8-13(18(22,23)24)10-14(9-12)26-16(28)27-7-1-2-15(27)11-3-5-25-6-4-11/h3-6,8-10,15H,1-2,7H2,(H,26,28)/t15-/m1/s1. The van der Waals surface area contributed by atoms with Crippen LogP contribution in [0.3, 0.4) is 0 Å². The quantitative estimate of drug-likeness (QED) is 0.674. The number of carbonyl (C=O) groups is 1. The van der Waals surface area contributed by atoms with Crippen molar-refractivity contribution in [3.8, 4) is 0 Å². The monoisotopic (exact) mass is 403 g/mol. The predicted octanol–water partition coefficient (Wildman–Crippen LogP) is 5.49. The highest BCUT2D eigenvalue weighted by molar-refractivity contribution is 5.90. The number of anilines is 1.